The highest BCUT2D eigenvalue weighted by Gasteiger charge is 2.33. The Morgan fingerprint density at radius 3 is 2.48 bits per heavy atom. The molecular formula is C22H21ClN2O4. The summed E-state index contributed by atoms with van der Waals surface area (Å²) in [7, 11) is 0. The molecular weight excluding hydrogens is 392 g/mol. The van der Waals surface area contributed by atoms with Crippen molar-refractivity contribution in [1.82, 2.24) is 5.01 Å². The maximum atomic E-state index is 12.8. The molecule has 7 heteroatoms. The second-order valence-electron chi connectivity index (χ2n) is 6.23. The van der Waals surface area contributed by atoms with Gasteiger partial charge in [-0.1, -0.05) is 29.8 Å². The Bertz CT molecular complexity index is 999. The van der Waals surface area contributed by atoms with Gasteiger partial charge in [0, 0.05) is 5.56 Å². The van der Waals surface area contributed by atoms with Crippen molar-refractivity contribution >= 4 is 35.2 Å². The van der Waals surface area contributed by atoms with Crippen LogP contribution in [0.25, 0.3) is 6.08 Å². The van der Waals surface area contributed by atoms with E-state index in [1.54, 1.807) is 55.5 Å². The smallest absolute Gasteiger partial charge is 0.283 e. The van der Waals surface area contributed by atoms with Crippen LogP contribution in [0.3, 0.4) is 0 Å². The van der Waals surface area contributed by atoms with Crippen molar-refractivity contribution in [3.8, 4) is 11.5 Å². The number of hydrogen-bond donors (Lipinski definition) is 0. The number of hydrogen-bond acceptors (Lipinski definition) is 5. The lowest BCUT2D eigenvalue weighted by Crippen LogP contribution is -2.29. The summed E-state index contributed by atoms with van der Waals surface area (Å²) in [6.07, 6.45) is 1.64. The zero-order chi connectivity index (χ0) is 21.0. The molecule has 29 heavy (non-hydrogen) atoms. The largest absolute Gasteiger partial charge is 0.490 e. The van der Waals surface area contributed by atoms with Crippen LogP contribution >= 0.6 is 11.6 Å². The number of nitrogens with zero attached hydrogens (tertiary/aromatic N) is 2. The monoisotopic (exact) mass is 412 g/mol. The molecule has 0 unspecified atom stereocenters. The quantitative estimate of drug-likeness (QED) is 0.514. The summed E-state index contributed by atoms with van der Waals surface area (Å²) < 4.78 is 11.2. The first-order valence-electron chi connectivity index (χ1n) is 9.26. The van der Waals surface area contributed by atoms with Crippen LogP contribution in [0.4, 0.5) is 0 Å². The average Bonchev–Trinajstić information content (AvgIpc) is 2.99. The standard InChI is InChI=1S/C22H21ClN2O4/c1-4-28-19-13-15(12-18(23)20(19)29-5-2)11-17-14(3)24-25(22(17)27)21(26)16-9-7-6-8-10-16/h6-13H,4-5H2,1-3H3/b17-11+. The molecule has 2 aromatic carbocycles. The number of halogens is 1. The van der Waals surface area contributed by atoms with E-state index in [2.05, 4.69) is 5.10 Å². The lowest BCUT2D eigenvalue weighted by Gasteiger charge is -2.13. The zero-order valence-electron chi connectivity index (χ0n) is 16.4. The summed E-state index contributed by atoms with van der Waals surface area (Å²) in [4.78, 5) is 25.5. The fourth-order valence-corrected chi connectivity index (χ4v) is 3.18. The van der Waals surface area contributed by atoms with Crippen molar-refractivity contribution in [3.05, 3.63) is 64.2 Å². The van der Waals surface area contributed by atoms with Gasteiger partial charge in [0.05, 0.1) is 29.5 Å². The molecule has 0 N–H and O–H groups in total. The molecule has 0 bridgehead atoms. The van der Waals surface area contributed by atoms with Gasteiger partial charge in [0.1, 0.15) is 0 Å². The van der Waals surface area contributed by atoms with Crippen molar-refractivity contribution in [3.63, 3.8) is 0 Å². The van der Waals surface area contributed by atoms with E-state index in [-0.39, 0.29) is 0 Å². The van der Waals surface area contributed by atoms with E-state index in [4.69, 9.17) is 21.1 Å². The number of imide groups is 1. The molecule has 3 rings (SSSR count). The number of hydrazone groups is 1. The van der Waals surface area contributed by atoms with Crippen molar-refractivity contribution in [2.45, 2.75) is 20.8 Å². The number of amides is 2. The summed E-state index contributed by atoms with van der Waals surface area (Å²) in [5.74, 6) is -0.00876. The van der Waals surface area contributed by atoms with E-state index in [0.29, 0.717) is 52.1 Å². The molecule has 1 heterocycles. The third kappa shape index (κ3) is 4.32. The topological polar surface area (TPSA) is 68.2 Å². The summed E-state index contributed by atoms with van der Waals surface area (Å²) in [5.41, 5.74) is 1.80. The molecule has 150 valence electrons. The van der Waals surface area contributed by atoms with Gasteiger partial charge in [0.15, 0.2) is 11.5 Å². The minimum atomic E-state index is -0.487. The van der Waals surface area contributed by atoms with Crippen molar-refractivity contribution in [2.75, 3.05) is 13.2 Å². The Labute approximate surface area is 174 Å². The molecule has 2 amide bonds. The molecule has 0 aromatic heterocycles. The molecule has 0 saturated heterocycles. The second-order valence-corrected chi connectivity index (χ2v) is 6.63. The first kappa shape index (κ1) is 20.6. The molecule has 0 radical (unpaired) electrons. The number of rotatable bonds is 6. The Kier molecular flexibility index (Phi) is 6.34. The Morgan fingerprint density at radius 1 is 1.14 bits per heavy atom. The van der Waals surface area contributed by atoms with Gasteiger partial charge in [0.2, 0.25) is 0 Å². The van der Waals surface area contributed by atoms with Crippen LogP contribution in [0.1, 0.15) is 36.7 Å². The summed E-state index contributed by atoms with van der Waals surface area (Å²) in [5, 5.41) is 5.41. The number of carbonyl (C=O) groups is 2. The third-order valence-electron chi connectivity index (χ3n) is 4.21. The highest BCUT2D eigenvalue weighted by atomic mass is 35.5. The Balaban J connectivity index is 1.94. The highest BCUT2D eigenvalue weighted by Crippen LogP contribution is 2.37. The van der Waals surface area contributed by atoms with Crippen LogP contribution in [0, 0.1) is 0 Å². The minimum Gasteiger partial charge on any atom is -0.490 e. The first-order valence-corrected chi connectivity index (χ1v) is 9.64. The zero-order valence-corrected chi connectivity index (χ0v) is 17.2. The number of benzene rings is 2. The lowest BCUT2D eigenvalue weighted by atomic mass is 10.1. The van der Waals surface area contributed by atoms with E-state index in [0.717, 1.165) is 5.01 Å². The predicted octanol–water partition coefficient (Wildman–Crippen LogP) is 4.58. The van der Waals surface area contributed by atoms with Gasteiger partial charge in [-0.15, -0.1) is 0 Å². The van der Waals surface area contributed by atoms with Crippen LogP contribution in [0.5, 0.6) is 11.5 Å². The SMILES string of the molecule is CCOc1cc(/C=C2/C(=O)N(C(=O)c3ccccc3)N=C2C)cc(Cl)c1OCC. The maximum Gasteiger partial charge on any atom is 0.283 e. The van der Waals surface area contributed by atoms with Crippen LogP contribution in [0.2, 0.25) is 5.02 Å². The van der Waals surface area contributed by atoms with Gasteiger partial charge in [-0.05, 0) is 56.7 Å². The number of ether oxygens (including phenoxy) is 2. The van der Waals surface area contributed by atoms with Crippen LogP contribution in [-0.4, -0.2) is 35.7 Å². The molecule has 1 aliphatic rings. The normalized spacial score (nSPS) is 14.9. The van der Waals surface area contributed by atoms with Gasteiger partial charge in [-0.2, -0.15) is 10.1 Å². The van der Waals surface area contributed by atoms with Gasteiger partial charge in [-0.25, -0.2) is 0 Å². The molecule has 0 saturated carbocycles. The van der Waals surface area contributed by atoms with Gasteiger partial charge >= 0.3 is 0 Å². The van der Waals surface area contributed by atoms with Crippen LogP contribution in [0.15, 0.2) is 53.1 Å². The molecule has 6 nitrogen and oxygen atoms in total. The van der Waals surface area contributed by atoms with Crippen molar-refractivity contribution < 1.29 is 19.1 Å². The summed E-state index contributed by atoms with van der Waals surface area (Å²) in [6.45, 7) is 6.29. The molecule has 1 aliphatic heterocycles. The third-order valence-corrected chi connectivity index (χ3v) is 4.49. The summed E-state index contributed by atoms with van der Waals surface area (Å²) >= 11 is 6.35. The fourth-order valence-electron chi connectivity index (χ4n) is 2.91. The van der Waals surface area contributed by atoms with E-state index in [9.17, 15) is 9.59 Å². The Morgan fingerprint density at radius 2 is 1.83 bits per heavy atom. The second kappa shape index (κ2) is 8.92. The van der Waals surface area contributed by atoms with E-state index < -0.39 is 11.8 Å². The fraction of sp³-hybridized carbons (Fsp3) is 0.227. The van der Waals surface area contributed by atoms with Gasteiger partial charge in [0.25, 0.3) is 11.8 Å². The van der Waals surface area contributed by atoms with E-state index >= 15 is 0 Å². The van der Waals surface area contributed by atoms with Crippen LogP contribution in [-0.2, 0) is 4.79 Å². The minimum absolute atomic E-state index is 0.317. The first-order chi connectivity index (χ1) is 14.0. The summed E-state index contributed by atoms with van der Waals surface area (Å²) in [6, 6.07) is 12.0. The molecule has 2 aromatic rings. The molecule has 0 spiro atoms. The lowest BCUT2D eigenvalue weighted by molar-refractivity contribution is -0.123. The highest BCUT2D eigenvalue weighted by molar-refractivity contribution is 6.33. The van der Waals surface area contributed by atoms with Gasteiger partial charge < -0.3 is 9.47 Å². The van der Waals surface area contributed by atoms with Crippen LogP contribution < -0.4 is 9.47 Å². The maximum absolute atomic E-state index is 12.8. The van der Waals surface area contributed by atoms with Crippen molar-refractivity contribution in [1.29, 1.82) is 0 Å². The number of carbonyl (C=O) groups excluding carboxylic acids is 2. The van der Waals surface area contributed by atoms with Crippen molar-refractivity contribution in [2.24, 2.45) is 5.10 Å². The molecule has 0 aliphatic carbocycles. The average molecular weight is 413 g/mol. The molecule has 0 fully saturated rings. The van der Waals surface area contributed by atoms with Gasteiger partial charge in [-0.3, -0.25) is 9.59 Å². The Hall–Kier alpha value is -3.12. The molecule has 0 atom stereocenters. The predicted molar refractivity (Wildman–Crippen MR) is 112 cm³/mol. The van der Waals surface area contributed by atoms with E-state index in [1.807, 2.05) is 13.8 Å². The van der Waals surface area contributed by atoms with E-state index in [1.165, 1.54) is 0 Å².